The molecule has 2 atom stereocenters. The van der Waals surface area contributed by atoms with Gasteiger partial charge < -0.3 is 10.6 Å². The van der Waals surface area contributed by atoms with Crippen LogP contribution in [0.1, 0.15) is 51.6 Å². The Morgan fingerprint density at radius 2 is 1.95 bits per heavy atom. The van der Waals surface area contributed by atoms with Gasteiger partial charge in [0.1, 0.15) is 0 Å². The van der Waals surface area contributed by atoms with Gasteiger partial charge in [-0.25, -0.2) is 0 Å². The highest BCUT2D eigenvalue weighted by Crippen LogP contribution is 2.32. The maximum atomic E-state index is 3.78. The first kappa shape index (κ1) is 14.5. The molecular weight excluding hydrogens is 232 g/mol. The Kier molecular flexibility index (Phi) is 5.00. The molecule has 19 heavy (non-hydrogen) atoms. The molecule has 2 nitrogen and oxygen atoms in total. The Morgan fingerprint density at radius 3 is 2.53 bits per heavy atom. The molecule has 2 unspecified atom stereocenters. The van der Waals surface area contributed by atoms with Crippen molar-refractivity contribution in [2.24, 2.45) is 5.41 Å². The molecule has 1 aromatic carbocycles. The van der Waals surface area contributed by atoms with E-state index in [1.807, 2.05) is 0 Å². The molecule has 106 valence electrons. The van der Waals surface area contributed by atoms with Crippen molar-refractivity contribution in [3.8, 4) is 0 Å². The second kappa shape index (κ2) is 6.53. The molecule has 0 aromatic heterocycles. The van der Waals surface area contributed by atoms with Crippen LogP contribution in [-0.4, -0.2) is 19.1 Å². The average molecular weight is 260 g/mol. The molecule has 2 heteroatoms. The predicted molar refractivity (Wildman–Crippen MR) is 82.3 cm³/mol. The van der Waals surface area contributed by atoms with Crippen LogP contribution in [0.5, 0.6) is 0 Å². The van der Waals surface area contributed by atoms with Crippen molar-refractivity contribution in [2.75, 3.05) is 13.1 Å². The summed E-state index contributed by atoms with van der Waals surface area (Å²) in [7, 11) is 0. The zero-order valence-corrected chi connectivity index (χ0v) is 12.6. The minimum atomic E-state index is 0.232. The third kappa shape index (κ3) is 4.32. The highest BCUT2D eigenvalue weighted by atomic mass is 15.0. The summed E-state index contributed by atoms with van der Waals surface area (Å²) in [5, 5.41) is 7.40. The minimum absolute atomic E-state index is 0.232. The summed E-state index contributed by atoms with van der Waals surface area (Å²) in [6, 6.07) is 11.9. The summed E-state index contributed by atoms with van der Waals surface area (Å²) in [5.74, 6) is 0. The number of piperidine rings is 1. The Labute approximate surface area is 118 Å². The molecule has 1 aliphatic heterocycles. The lowest BCUT2D eigenvalue weighted by molar-refractivity contribution is 0.255. The lowest BCUT2D eigenvalue weighted by Gasteiger charge is -2.34. The molecule has 0 bridgehead atoms. The molecule has 2 rings (SSSR count). The highest BCUT2D eigenvalue weighted by Gasteiger charge is 2.26. The fraction of sp³-hybridized carbons (Fsp3) is 0.647. The zero-order valence-electron chi connectivity index (χ0n) is 12.6. The molecule has 2 N–H and O–H groups in total. The van der Waals surface area contributed by atoms with Crippen LogP contribution in [0.2, 0.25) is 0 Å². The monoisotopic (exact) mass is 260 g/mol. The van der Waals surface area contributed by atoms with Crippen LogP contribution >= 0.6 is 0 Å². The van der Waals surface area contributed by atoms with Crippen LogP contribution in [0.15, 0.2) is 30.3 Å². The van der Waals surface area contributed by atoms with E-state index >= 15 is 0 Å². The van der Waals surface area contributed by atoms with Gasteiger partial charge in [0.15, 0.2) is 0 Å². The third-order valence-electron chi connectivity index (χ3n) is 3.98. The van der Waals surface area contributed by atoms with Crippen LogP contribution in [0.4, 0.5) is 0 Å². The lowest BCUT2D eigenvalue weighted by atomic mass is 9.82. The van der Waals surface area contributed by atoms with Crippen molar-refractivity contribution in [3.63, 3.8) is 0 Å². The van der Waals surface area contributed by atoms with Crippen LogP contribution in [0.25, 0.3) is 0 Å². The standard InChI is InChI=1S/C17H28N2/c1-17(2,3)16(14-9-5-4-6-10-14)19-13-15-11-7-8-12-18-15/h4-6,9-10,15-16,18-19H,7-8,11-13H2,1-3H3. The zero-order chi connectivity index (χ0) is 13.7. The van der Waals surface area contributed by atoms with Crippen molar-refractivity contribution in [3.05, 3.63) is 35.9 Å². The number of hydrogen-bond acceptors (Lipinski definition) is 2. The molecule has 1 heterocycles. The second-order valence-corrected chi connectivity index (χ2v) is 6.76. The van der Waals surface area contributed by atoms with Gasteiger partial charge >= 0.3 is 0 Å². The summed E-state index contributed by atoms with van der Waals surface area (Å²) in [6.45, 7) is 9.18. The smallest absolute Gasteiger partial charge is 0.0369 e. The van der Waals surface area contributed by atoms with E-state index in [1.54, 1.807) is 0 Å². The lowest BCUT2D eigenvalue weighted by Crippen LogP contribution is -2.44. The Hall–Kier alpha value is -0.860. The Balaban J connectivity index is 1.99. The van der Waals surface area contributed by atoms with Crippen molar-refractivity contribution in [2.45, 2.75) is 52.1 Å². The topological polar surface area (TPSA) is 24.1 Å². The quantitative estimate of drug-likeness (QED) is 0.865. The molecule has 0 spiro atoms. The van der Waals surface area contributed by atoms with Gasteiger partial charge in [0.05, 0.1) is 0 Å². The predicted octanol–water partition coefficient (Wildman–Crippen LogP) is 3.51. The highest BCUT2D eigenvalue weighted by molar-refractivity contribution is 5.20. The van der Waals surface area contributed by atoms with Gasteiger partial charge in [-0.1, -0.05) is 57.5 Å². The Bertz CT molecular complexity index is 361. The summed E-state index contributed by atoms with van der Waals surface area (Å²) < 4.78 is 0. The molecule has 0 aliphatic carbocycles. The molecule has 0 amide bonds. The minimum Gasteiger partial charge on any atom is -0.313 e. The van der Waals surface area contributed by atoms with Gasteiger partial charge in [0.25, 0.3) is 0 Å². The van der Waals surface area contributed by atoms with Crippen LogP contribution in [0, 0.1) is 5.41 Å². The molecule has 1 aliphatic rings. The van der Waals surface area contributed by atoms with E-state index in [0.29, 0.717) is 12.1 Å². The van der Waals surface area contributed by atoms with E-state index in [0.717, 1.165) is 6.54 Å². The van der Waals surface area contributed by atoms with Gasteiger partial charge in [-0.05, 0) is 30.4 Å². The second-order valence-electron chi connectivity index (χ2n) is 6.76. The number of benzene rings is 1. The first-order valence-corrected chi connectivity index (χ1v) is 7.59. The molecule has 0 saturated carbocycles. The van der Waals surface area contributed by atoms with E-state index in [-0.39, 0.29) is 5.41 Å². The number of rotatable bonds is 4. The molecule has 1 fully saturated rings. The van der Waals surface area contributed by atoms with Gasteiger partial charge in [-0.3, -0.25) is 0 Å². The largest absolute Gasteiger partial charge is 0.313 e. The Morgan fingerprint density at radius 1 is 1.21 bits per heavy atom. The third-order valence-corrected chi connectivity index (χ3v) is 3.98. The van der Waals surface area contributed by atoms with E-state index < -0.39 is 0 Å². The number of hydrogen-bond donors (Lipinski definition) is 2. The molecular formula is C17H28N2. The molecule has 0 radical (unpaired) electrons. The molecule has 1 saturated heterocycles. The first-order chi connectivity index (χ1) is 9.07. The maximum Gasteiger partial charge on any atom is 0.0369 e. The van der Waals surface area contributed by atoms with E-state index in [4.69, 9.17) is 0 Å². The van der Waals surface area contributed by atoms with Crippen molar-refractivity contribution >= 4 is 0 Å². The van der Waals surface area contributed by atoms with Gasteiger partial charge in [0, 0.05) is 18.6 Å². The maximum absolute atomic E-state index is 3.78. The van der Waals surface area contributed by atoms with Gasteiger partial charge in [0.2, 0.25) is 0 Å². The van der Waals surface area contributed by atoms with E-state index in [1.165, 1.54) is 31.4 Å². The number of nitrogens with one attached hydrogen (secondary N) is 2. The fourth-order valence-electron chi connectivity index (χ4n) is 2.93. The first-order valence-electron chi connectivity index (χ1n) is 7.59. The molecule has 1 aromatic rings. The van der Waals surface area contributed by atoms with Gasteiger partial charge in [-0.15, -0.1) is 0 Å². The summed E-state index contributed by atoms with van der Waals surface area (Å²) >= 11 is 0. The fourth-order valence-corrected chi connectivity index (χ4v) is 2.93. The SMILES string of the molecule is CC(C)(C)C(NCC1CCCCN1)c1ccccc1. The van der Waals surface area contributed by atoms with Crippen LogP contribution in [0.3, 0.4) is 0 Å². The summed E-state index contributed by atoms with van der Waals surface area (Å²) in [5.41, 5.74) is 1.63. The van der Waals surface area contributed by atoms with E-state index in [2.05, 4.69) is 61.7 Å². The van der Waals surface area contributed by atoms with Crippen molar-refractivity contribution in [1.29, 1.82) is 0 Å². The van der Waals surface area contributed by atoms with Crippen LogP contribution < -0.4 is 10.6 Å². The summed E-state index contributed by atoms with van der Waals surface area (Å²) in [6.07, 6.45) is 4.00. The van der Waals surface area contributed by atoms with Gasteiger partial charge in [-0.2, -0.15) is 0 Å². The van der Waals surface area contributed by atoms with Crippen molar-refractivity contribution < 1.29 is 0 Å². The van der Waals surface area contributed by atoms with Crippen molar-refractivity contribution in [1.82, 2.24) is 10.6 Å². The van der Waals surface area contributed by atoms with E-state index in [9.17, 15) is 0 Å². The average Bonchev–Trinajstić information content (AvgIpc) is 2.40. The normalized spacial score (nSPS) is 22.2. The van der Waals surface area contributed by atoms with Crippen LogP contribution in [-0.2, 0) is 0 Å². The summed E-state index contributed by atoms with van der Waals surface area (Å²) in [4.78, 5) is 0.